The topological polar surface area (TPSA) is 64.6 Å². The molecule has 0 unspecified atom stereocenters. The number of fused-ring (bicyclic) bond motifs is 1. The Morgan fingerprint density at radius 3 is 2.30 bits per heavy atom. The highest BCUT2D eigenvalue weighted by Gasteiger charge is 2.23. The molecule has 3 aromatic carbocycles. The molecule has 5 heteroatoms. The maximum Gasteiger partial charge on any atom is 0.313 e. The third-order valence-electron chi connectivity index (χ3n) is 5.23. The van der Waals surface area contributed by atoms with Crippen LogP contribution in [0.4, 0.5) is 5.69 Å². The number of methoxy groups -OCH3 is 1. The highest BCUT2D eigenvalue weighted by Crippen LogP contribution is 2.26. The van der Waals surface area contributed by atoms with E-state index in [1.165, 1.54) is 0 Å². The summed E-state index contributed by atoms with van der Waals surface area (Å²) >= 11 is 0. The Morgan fingerprint density at radius 2 is 1.60 bits per heavy atom. The van der Waals surface area contributed by atoms with Crippen molar-refractivity contribution >= 4 is 28.3 Å². The molecule has 0 radical (unpaired) electrons. The highest BCUT2D eigenvalue weighted by atomic mass is 16.5. The summed E-state index contributed by atoms with van der Waals surface area (Å²) in [6, 6.07) is 17.4. The number of esters is 1. The van der Waals surface area contributed by atoms with Crippen molar-refractivity contribution in [2.75, 3.05) is 12.4 Å². The van der Waals surface area contributed by atoms with Gasteiger partial charge in [0, 0.05) is 5.69 Å². The van der Waals surface area contributed by atoms with Crippen molar-refractivity contribution in [3.63, 3.8) is 0 Å². The standard InChI is InChI=1S/C25H27NO4/c1-15-6-11-23(16(2)12-15)26-24(27)18(4)30-25(28)17(3)19-7-8-21-14-22(29-5)10-9-20(21)13-19/h6-14,17-18H,1-5H3,(H,26,27)/t17-,18-/m0/s1. The lowest BCUT2D eigenvalue weighted by Gasteiger charge is -2.18. The van der Waals surface area contributed by atoms with E-state index in [0.717, 1.165) is 33.2 Å². The average Bonchev–Trinajstić information content (AvgIpc) is 2.74. The summed E-state index contributed by atoms with van der Waals surface area (Å²) < 4.78 is 10.7. The Balaban J connectivity index is 1.66. The molecule has 0 fully saturated rings. The van der Waals surface area contributed by atoms with Crippen molar-refractivity contribution < 1.29 is 19.1 Å². The third kappa shape index (κ3) is 4.79. The van der Waals surface area contributed by atoms with E-state index in [0.29, 0.717) is 5.69 Å². The van der Waals surface area contributed by atoms with E-state index in [9.17, 15) is 9.59 Å². The lowest BCUT2D eigenvalue weighted by atomic mass is 9.98. The number of carbonyl (C=O) groups is 2. The van der Waals surface area contributed by atoms with E-state index >= 15 is 0 Å². The van der Waals surface area contributed by atoms with Crippen LogP contribution in [0.25, 0.3) is 10.8 Å². The van der Waals surface area contributed by atoms with Crippen LogP contribution in [-0.2, 0) is 14.3 Å². The summed E-state index contributed by atoms with van der Waals surface area (Å²) in [4.78, 5) is 25.1. The van der Waals surface area contributed by atoms with E-state index in [-0.39, 0.29) is 5.91 Å². The largest absolute Gasteiger partial charge is 0.497 e. The van der Waals surface area contributed by atoms with Crippen LogP contribution in [0.3, 0.4) is 0 Å². The van der Waals surface area contributed by atoms with Crippen LogP contribution in [0.2, 0.25) is 0 Å². The SMILES string of the molecule is COc1ccc2cc([C@H](C)C(=O)O[C@@H](C)C(=O)Nc3ccc(C)cc3C)ccc2c1. The molecule has 0 saturated heterocycles. The fraction of sp³-hybridized carbons (Fsp3) is 0.280. The quantitative estimate of drug-likeness (QED) is 0.577. The zero-order chi connectivity index (χ0) is 21.8. The molecule has 0 aromatic heterocycles. The number of hydrogen-bond acceptors (Lipinski definition) is 4. The van der Waals surface area contributed by atoms with Crippen LogP contribution < -0.4 is 10.1 Å². The van der Waals surface area contributed by atoms with Crippen molar-refractivity contribution in [3.05, 3.63) is 71.3 Å². The molecule has 2 atom stereocenters. The maximum atomic E-state index is 12.6. The number of nitrogens with one attached hydrogen (secondary N) is 1. The molecule has 5 nitrogen and oxygen atoms in total. The number of rotatable bonds is 6. The van der Waals surface area contributed by atoms with Gasteiger partial charge in [-0.05, 0) is 67.8 Å². The Kier molecular flexibility index (Phi) is 6.40. The molecule has 1 amide bonds. The Bertz CT molecular complexity index is 1090. The minimum absolute atomic E-state index is 0.354. The lowest BCUT2D eigenvalue weighted by Crippen LogP contribution is -2.31. The first-order valence-corrected chi connectivity index (χ1v) is 9.95. The predicted molar refractivity (Wildman–Crippen MR) is 119 cm³/mol. The monoisotopic (exact) mass is 405 g/mol. The van der Waals surface area contributed by atoms with Crippen molar-refractivity contribution in [2.24, 2.45) is 0 Å². The number of carbonyl (C=O) groups excluding carboxylic acids is 2. The number of benzene rings is 3. The van der Waals surface area contributed by atoms with Crippen molar-refractivity contribution in [3.8, 4) is 5.75 Å². The van der Waals surface area contributed by atoms with Crippen LogP contribution in [0, 0.1) is 13.8 Å². The van der Waals surface area contributed by atoms with Gasteiger partial charge in [-0.1, -0.05) is 42.0 Å². The minimum atomic E-state index is -0.898. The first-order chi connectivity index (χ1) is 14.3. The van der Waals surface area contributed by atoms with E-state index in [1.807, 2.05) is 68.4 Å². The molecule has 3 rings (SSSR count). The normalized spacial score (nSPS) is 12.8. The Morgan fingerprint density at radius 1 is 0.900 bits per heavy atom. The van der Waals surface area contributed by atoms with E-state index < -0.39 is 18.0 Å². The smallest absolute Gasteiger partial charge is 0.313 e. The minimum Gasteiger partial charge on any atom is -0.497 e. The van der Waals surface area contributed by atoms with E-state index in [2.05, 4.69) is 5.32 Å². The van der Waals surface area contributed by atoms with E-state index in [1.54, 1.807) is 21.0 Å². The summed E-state index contributed by atoms with van der Waals surface area (Å²) in [6.45, 7) is 7.28. The second kappa shape index (κ2) is 8.99. The molecule has 156 valence electrons. The molecule has 3 aromatic rings. The van der Waals surface area contributed by atoms with Crippen LogP contribution in [-0.4, -0.2) is 25.1 Å². The molecule has 0 saturated carbocycles. The van der Waals surface area contributed by atoms with Gasteiger partial charge in [0.15, 0.2) is 6.10 Å². The first-order valence-electron chi connectivity index (χ1n) is 9.95. The second-order valence-electron chi connectivity index (χ2n) is 7.58. The van der Waals surface area contributed by atoms with Gasteiger partial charge in [0.25, 0.3) is 5.91 Å². The highest BCUT2D eigenvalue weighted by molar-refractivity contribution is 5.96. The van der Waals surface area contributed by atoms with Gasteiger partial charge in [-0.25, -0.2) is 0 Å². The van der Waals surface area contributed by atoms with Crippen LogP contribution in [0.15, 0.2) is 54.6 Å². The molecule has 0 aliphatic carbocycles. The van der Waals surface area contributed by atoms with Gasteiger partial charge in [-0.2, -0.15) is 0 Å². The molecular formula is C25H27NO4. The molecule has 0 heterocycles. The summed E-state index contributed by atoms with van der Waals surface area (Å²) in [6.07, 6.45) is -0.898. The van der Waals surface area contributed by atoms with Gasteiger partial charge in [0.1, 0.15) is 5.75 Å². The third-order valence-corrected chi connectivity index (χ3v) is 5.23. The zero-order valence-electron chi connectivity index (χ0n) is 18.0. The van der Waals surface area contributed by atoms with Gasteiger partial charge in [-0.15, -0.1) is 0 Å². The molecule has 0 aliphatic rings. The lowest BCUT2D eigenvalue weighted by molar-refractivity contribution is -0.154. The molecule has 0 bridgehead atoms. The summed E-state index contributed by atoms with van der Waals surface area (Å²) in [5.74, 6) is -0.501. The number of anilines is 1. The van der Waals surface area contributed by atoms with Crippen molar-refractivity contribution in [1.29, 1.82) is 0 Å². The number of hydrogen-bond donors (Lipinski definition) is 1. The van der Waals surface area contributed by atoms with Gasteiger partial charge < -0.3 is 14.8 Å². The molecule has 0 spiro atoms. The second-order valence-corrected chi connectivity index (χ2v) is 7.58. The van der Waals surface area contributed by atoms with Crippen LogP contribution in [0.5, 0.6) is 5.75 Å². The first kappa shape index (κ1) is 21.4. The molecule has 1 N–H and O–H groups in total. The number of ether oxygens (including phenoxy) is 2. The fourth-order valence-corrected chi connectivity index (χ4v) is 3.29. The van der Waals surface area contributed by atoms with Crippen LogP contribution >= 0.6 is 0 Å². The number of aryl methyl sites for hydroxylation is 2. The number of amides is 1. The van der Waals surface area contributed by atoms with Crippen molar-refractivity contribution in [2.45, 2.75) is 39.7 Å². The molecular weight excluding hydrogens is 378 g/mol. The Labute approximate surface area is 177 Å². The van der Waals surface area contributed by atoms with E-state index in [4.69, 9.17) is 9.47 Å². The summed E-state index contributed by atoms with van der Waals surface area (Å²) in [5, 5.41) is 4.86. The average molecular weight is 405 g/mol. The summed E-state index contributed by atoms with van der Waals surface area (Å²) in [7, 11) is 1.63. The van der Waals surface area contributed by atoms with Crippen LogP contribution in [0.1, 0.15) is 36.5 Å². The van der Waals surface area contributed by atoms with Gasteiger partial charge in [0.05, 0.1) is 13.0 Å². The maximum absolute atomic E-state index is 12.6. The predicted octanol–water partition coefficient (Wildman–Crippen LogP) is 5.14. The summed E-state index contributed by atoms with van der Waals surface area (Å²) in [5.41, 5.74) is 3.63. The molecule has 0 aliphatic heterocycles. The zero-order valence-corrected chi connectivity index (χ0v) is 18.0. The fourth-order valence-electron chi connectivity index (χ4n) is 3.29. The molecule has 30 heavy (non-hydrogen) atoms. The van der Waals surface area contributed by atoms with Gasteiger partial charge in [-0.3, -0.25) is 9.59 Å². The van der Waals surface area contributed by atoms with Gasteiger partial charge >= 0.3 is 5.97 Å². The van der Waals surface area contributed by atoms with Crippen molar-refractivity contribution in [1.82, 2.24) is 0 Å². The van der Waals surface area contributed by atoms with Gasteiger partial charge in [0.2, 0.25) is 0 Å². The Hall–Kier alpha value is -3.34.